The Morgan fingerprint density at radius 3 is 2.07 bits per heavy atom. The van der Waals surface area contributed by atoms with Crippen LogP contribution in [0.4, 0.5) is 5.69 Å². The average molecular weight is 225 g/mol. The minimum atomic E-state index is -1.72. The molecule has 15 heavy (non-hydrogen) atoms. The largest absolute Gasteiger partial charge is 0.442 e. The molecule has 1 aromatic rings. The van der Waals surface area contributed by atoms with E-state index in [1.165, 1.54) is 0 Å². The van der Waals surface area contributed by atoms with Crippen LogP contribution >= 0.6 is 0 Å². The van der Waals surface area contributed by atoms with Crippen LogP contribution in [0.25, 0.3) is 0 Å². The van der Waals surface area contributed by atoms with Gasteiger partial charge in [-0.25, -0.2) is 0 Å². The first-order valence-electron chi connectivity index (χ1n) is 5.30. The minimum Gasteiger partial charge on any atom is -0.381 e. The molecule has 0 aliphatic rings. The first kappa shape index (κ1) is 12.2. The van der Waals surface area contributed by atoms with Crippen LogP contribution in [0, 0.1) is 0 Å². The number of hydrogen-bond donors (Lipinski definition) is 0. The van der Waals surface area contributed by atoms with Crippen molar-refractivity contribution < 1.29 is 8.85 Å². The van der Waals surface area contributed by atoms with Crippen molar-refractivity contribution in [1.29, 1.82) is 0 Å². The van der Waals surface area contributed by atoms with E-state index in [0.717, 1.165) is 5.69 Å². The van der Waals surface area contributed by atoms with Crippen molar-refractivity contribution in [3.63, 3.8) is 0 Å². The molecule has 0 heterocycles. The topological polar surface area (TPSA) is 21.7 Å². The highest BCUT2D eigenvalue weighted by Gasteiger charge is 2.19. The molecule has 0 saturated heterocycles. The first-order valence-corrected chi connectivity index (χ1v) is 6.76. The lowest BCUT2D eigenvalue weighted by Gasteiger charge is -2.26. The maximum absolute atomic E-state index is 5.64. The van der Waals surface area contributed by atoms with Gasteiger partial charge in [0.1, 0.15) is 0 Å². The highest BCUT2D eigenvalue weighted by Crippen LogP contribution is 2.13. The van der Waals surface area contributed by atoms with Gasteiger partial charge in [-0.1, -0.05) is 18.2 Å². The Hall–Kier alpha value is -0.843. The fourth-order valence-corrected chi connectivity index (χ4v) is 2.87. The van der Waals surface area contributed by atoms with E-state index in [0.29, 0.717) is 13.2 Å². The Balaban J connectivity index is 2.67. The molecule has 4 heteroatoms. The summed E-state index contributed by atoms with van der Waals surface area (Å²) < 4.78 is 13.4. The molecule has 0 amide bonds. The molecular formula is C11H19NO2Si. The van der Waals surface area contributed by atoms with Gasteiger partial charge in [-0.3, -0.25) is 0 Å². The lowest BCUT2D eigenvalue weighted by atomic mass is 10.3. The lowest BCUT2D eigenvalue weighted by molar-refractivity contribution is 0.213. The normalized spacial score (nSPS) is 10.7. The second kappa shape index (κ2) is 6.61. The number of hydrogen-bond acceptors (Lipinski definition) is 3. The summed E-state index contributed by atoms with van der Waals surface area (Å²) >= 11 is 0. The third kappa shape index (κ3) is 3.66. The molecule has 0 N–H and O–H groups in total. The van der Waals surface area contributed by atoms with Gasteiger partial charge in [0.05, 0.1) is 0 Å². The van der Waals surface area contributed by atoms with Gasteiger partial charge >= 0.3 is 9.45 Å². The Labute approximate surface area is 93.5 Å². The van der Waals surface area contributed by atoms with Crippen LogP contribution in [-0.4, -0.2) is 29.7 Å². The fraction of sp³-hybridized carbons (Fsp3) is 0.455. The summed E-state index contributed by atoms with van der Waals surface area (Å²) in [4.78, 5) is 0. The quantitative estimate of drug-likeness (QED) is 0.690. The van der Waals surface area contributed by atoms with Crippen LogP contribution < -0.4 is 4.57 Å². The van der Waals surface area contributed by atoms with Crippen molar-refractivity contribution in [2.75, 3.05) is 24.8 Å². The SMILES string of the molecule is CCO[SiH](OCC)N(C)c1ccccc1. The highest BCUT2D eigenvalue weighted by atomic mass is 28.3. The summed E-state index contributed by atoms with van der Waals surface area (Å²) in [5.74, 6) is 0. The number of rotatable bonds is 6. The second-order valence-electron chi connectivity index (χ2n) is 3.16. The van der Waals surface area contributed by atoms with E-state index >= 15 is 0 Å². The van der Waals surface area contributed by atoms with Crippen molar-refractivity contribution in [3.05, 3.63) is 30.3 Å². The minimum absolute atomic E-state index is 0.702. The van der Waals surface area contributed by atoms with E-state index in [4.69, 9.17) is 8.85 Å². The third-order valence-corrected chi connectivity index (χ3v) is 4.27. The number of nitrogens with zero attached hydrogens (tertiary/aromatic N) is 1. The van der Waals surface area contributed by atoms with Crippen LogP contribution in [0.3, 0.4) is 0 Å². The number of benzene rings is 1. The maximum Gasteiger partial charge on any atom is 0.442 e. The molecule has 84 valence electrons. The van der Waals surface area contributed by atoms with Gasteiger partial charge in [-0.15, -0.1) is 0 Å². The van der Waals surface area contributed by atoms with E-state index in [-0.39, 0.29) is 0 Å². The van der Waals surface area contributed by atoms with Crippen molar-refractivity contribution in [2.24, 2.45) is 0 Å². The lowest BCUT2D eigenvalue weighted by Crippen LogP contribution is -2.42. The second-order valence-corrected chi connectivity index (χ2v) is 5.22. The molecule has 0 aliphatic carbocycles. The van der Waals surface area contributed by atoms with Crippen LogP contribution in [0.5, 0.6) is 0 Å². The average Bonchev–Trinajstić information content (AvgIpc) is 2.29. The molecule has 3 nitrogen and oxygen atoms in total. The fourth-order valence-electron chi connectivity index (χ4n) is 1.34. The zero-order chi connectivity index (χ0) is 11.1. The van der Waals surface area contributed by atoms with Crippen molar-refractivity contribution in [2.45, 2.75) is 13.8 Å². The predicted molar refractivity (Wildman–Crippen MR) is 65.2 cm³/mol. The zero-order valence-electron chi connectivity index (χ0n) is 9.64. The van der Waals surface area contributed by atoms with Crippen LogP contribution in [0.2, 0.25) is 0 Å². The Bertz CT molecular complexity index is 263. The van der Waals surface area contributed by atoms with Crippen molar-refractivity contribution in [1.82, 2.24) is 0 Å². The molecule has 0 fully saturated rings. The van der Waals surface area contributed by atoms with Gasteiger partial charge in [0.15, 0.2) is 0 Å². The van der Waals surface area contributed by atoms with Crippen LogP contribution in [0.15, 0.2) is 30.3 Å². The molecule has 0 unspecified atom stereocenters. The summed E-state index contributed by atoms with van der Waals surface area (Å²) in [7, 11) is 0.304. The summed E-state index contributed by atoms with van der Waals surface area (Å²) in [6, 6.07) is 10.2. The van der Waals surface area contributed by atoms with Gasteiger partial charge in [0.2, 0.25) is 0 Å². The molecular weight excluding hydrogens is 206 g/mol. The van der Waals surface area contributed by atoms with Crippen LogP contribution in [0.1, 0.15) is 13.8 Å². The molecule has 1 aromatic carbocycles. The zero-order valence-corrected chi connectivity index (χ0v) is 10.8. The van der Waals surface area contributed by atoms with E-state index in [9.17, 15) is 0 Å². The number of para-hydroxylation sites is 1. The summed E-state index contributed by atoms with van der Waals surface area (Å²) in [6.07, 6.45) is 0. The Morgan fingerprint density at radius 1 is 1.07 bits per heavy atom. The summed E-state index contributed by atoms with van der Waals surface area (Å²) in [5.41, 5.74) is 1.15. The van der Waals surface area contributed by atoms with Gasteiger partial charge in [0, 0.05) is 25.9 Å². The highest BCUT2D eigenvalue weighted by molar-refractivity contribution is 6.49. The van der Waals surface area contributed by atoms with E-state index < -0.39 is 9.45 Å². The molecule has 1 rings (SSSR count). The van der Waals surface area contributed by atoms with E-state index in [1.54, 1.807) is 0 Å². The van der Waals surface area contributed by atoms with E-state index in [1.807, 2.05) is 39.1 Å². The Morgan fingerprint density at radius 2 is 1.60 bits per heavy atom. The third-order valence-electron chi connectivity index (χ3n) is 2.10. The maximum atomic E-state index is 5.64. The molecule has 0 bridgehead atoms. The van der Waals surface area contributed by atoms with Crippen LogP contribution in [-0.2, 0) is 8.85 Å². The Kier molecular flexibility index (Phi) is 5.38. The van der Waals surface area contributed by atoms with Gasteiger partial charge in [0.25, 0.3) is 0 Å². The number of anilines is 1. The van der Waals surface area contributed by atoms with Gasteiger partial charge in [-0.2, -0.15) is 0 Å². The van der Waals surface area contributed by atoms with Crippen molar-refractivity contribution >= 4 is 15.1 Å². The standard InChI is InChI=1S/C11H19NO2Si/c1-4-13-15(14-5-2)12(3)11-9-7-6-8-10-11/h6-10,15H,4-5H2,1-3H3. The monoisotopic (exact) mass is 225 g/mol. The van der Waals surface area contributed by atoms with E-state index in [2.05, 4.69) is 16.7 Å². The first-order chi connectivity index (χ1) is 7.29. The molecule has 0 saturated carbocycles. The summed E-state index contributed by atoms with van der Waals surface area (Å²) in [6.45, 7) is 5.40. The predicted octanol–water partition coefficient (Wildman–Crippen LogP) is 1.91. The molecule has 0 aliphatic heterocycles. The van der Waals surface area contributed by atoms with Crippen molar-refractivity contribution in [3.8, 4) is 0 Å². The molecule has 0 atom stereocenters. The smallest absolute Gasteiger partial charge is 0.381 e. The molecule has 0 radical (unpaired) electrons. The summed E-state index contributed by atoms with van der Waals surface area (Å²) in [5, 5.41) is 0. The van der Waals surface area contributed by atoms with Gasteiger partial charge < -0.3 is 13.4 Å². The molecule has 0 spiro atoms. The molecule has 0 aromatic heterocycles. The van der Waals surface area contributed by atoms with Gasteiger partial charge in [-0.05, 0) is 26.0 Å².